The van der Waals surface area contributed by atoms with Gasteiger partial charge in [-0.15, -0.1) is 0 Å². The second kappa shape index (κ2) is 4.56. The van der Waals surface area contributed by atoms with Gasteiger partial charge in [0.15, 0.2) is 5.65 Å². The van der Waals surface area contributed by atoms with Gasteiger partial charge in [-0.1, -0.05) is 0 Å². The van der Waals surface area contributed by atoms with Crippen LogP contribution in [0.1, 0.15) is 48.9 Å². The summed E-state index contributed by atoms with van der Waals surface area (Å²) >= 11 is 0. The Balaban J connectivity index is 1.50. The molecule has 4 aliphatic carbocycles. The number of carbonyl (C=O) groups is 1. The smallest absolute Gasteiger partial charge is 0.259 e. The van der Waals surface area contributed by atoms with Gasteiger partial charge in [0.1, 0.15) is 5.56 Å². The van der Waals surface area contributed by atoms with E-state index in [4.69, 9.17) is 0 Å². The van der Waals surface area contributed by atoms with Crippen LogP contribution >= 0.6 is 0 Å². The number of aromatic nitrogens is 3. The first-order chi connectivity index (χ1) is 11.1. The molecule has 0 N–H and O–H groups in total. The highest BCUT2D eigenvalue weighted by Crippen LogP contribution is 2.57. The molecule has 4 saturated carbocycles. The number of amides is 1. The largest absolute Gasteiger partial charge is 0.336 e. The number of hydrogen-bond donors (Lipinski definition) is 0. The summed E-state index contributed by atoms with van der Waals surface area (Å²) in [6, 6.07) is 1.83. The highest BCUT2D eigenvalue weighted by Gasteiger charge is 2.54. The van der Waals surface area contributed by atoms with Gasteiger partial charge in [-0.05, 0) is 62.3 Å². The summed E-state index contributed by atoms with van der Waals surface area (Å²) in [5, 5.41) is 4.28. The lowest BCUT2D eigenvalue weighted by Crippen LogP contribution is -2.60. The molecule has 0 aliphatic heterocycles. The van der Waals surface area contributed by atoms with Crippen LogP contribution in [0.25, 0.3) is 5.65 Å². The molecular weight excluding hydrogens is 288 g/mol. The van der Waals surface area contributed by atoms with E-state index >= 15 is 0 Å². The van der Waals surface area contributed by atoms with Crippen LogP contribution in [0.15, 0.2) is 24.7 Å². The molecule has 2 aromatic rings. The molecule has 2 aromatic heterocycles. The average Bonchev–Trinajstić information content (AvgIpc) is 2.96. The highest BCUT2D eigenvalue weighted by atomic mass is 16.2. The first-order valence-corrected chi connectivity index (χ1v) is 8.71. The Bertz CT molecular complexity index is 745. The van der Waals surface area contributed by atoms with Gasteiger partial charge < -0.3 is 4.90 Å². The predicted molar refractivity (Wildman–Crippen MR) is 86.0 cm³/mol. The quantitative estimate of drug-likeness (QED) is 0.857. The fraction of sp³-hybridized carbons (Fsp3) is 0.611. The van der Waals surface area contributed by atoms with Gasteiger partial charge in [-0.3, -0.25) is 4.79 Å². The molecule has 4 aliphatic rings. The van der Waals surface area contributed by atoms with Gasteiger partial charge in [0.05, 0.1) is 6.20 Å². The molecular formula is C18H22N4O. The van der Waals surface area contributed by atoms with Crippen LogP contribution in [-0.4, -0.2) is 38.0 Å². The van der Waals surface area contributed by atoms with E-state index in [0.29, 0.717) is 11.2 Å². The van der Waals surface area contributed by atoms with Crippen molar-refractivity contribution in [1.82, 2.24) is 19.5 Å². The van der Waals surface area contributed by atoms with E-state index in [2.05, 4.69) is 10.1 Å². The third kappa shape index (κ3) is 1.88. The number of hydrogen-bond acceptors (Lipinski definition) is 3. The molecule has 4 fully saturated rings. The third-order valence-corrected chi connectivity index (χ3v) is 6.53. The molecule has 23 heavy (non-hydrogen) atoms. The van der Waals surface area contributed by atoms with Crippen molar-refractivity contribution in [1.29, 1.82) is 0 Å². The molecule has 0 spiro atoms. The van der Waals surface area contributed by atoms with Crippen LogP contribution in [0.4, 0.5) is 0 Å². The van der Waals surface area contributed by atoms with Crippen molar-refractivity contribution in [3.05, 3.63) is 30.2 Å². The Morgan fingerprint density at radius 2 is 1.87 bits per heavy atom. The van der Waals surface area contributed by atoms with E-state index in [0.717, 1.165) is 17.8 Å². The normalized spacial score (nSPS) is 34.9. The SMILES string of the molecule is CN(C(=O)c1cnn2cccnc12)C12CC3CC(CC(C3)C1)C2. The summed E-state index contributed by atoms with van der Waals surface area (Å²) in [5.41, 5.74) is 1.37. The minimum Gasteiger partial charge on any atom is -0.336 e. The molecule has 5 heteroatoms. The van der Waals surface area contributed by atoms with Gasteiger partial charge in [-0.25, -0.2) is 9.50 Å². The molecule has 0 radical (unpaired) electrons. The van der Waals surface area contributed by atoms with Crippen molar-refractivity contribution >= 4 is 11.6 Å². The van der Waals surface area contributed by atoms with Gasteiger partial charge in [0.25, 0.3) is 5.91 Å². The Kier molecular flexibility index (Phi) is 2.68. The predicted octanol–water partition coefficient (Wildman–Crippen LogP) is 2.77. The standard InChI is InChI=1S/C18H22N4O/c1-21(17(23)15-11-20-22-4-2-3-19-16(15)22)18-8-12-5-13(9-18)7-14(6-12)10-18/h2-4,11-14H,5-10H2,1H3. The molecule has 4 bridgehead atoms. The minimum absolute atomic E-state index is 0.0782. The van der Waals surface area contributed by atoms with Gasteiger partial charge in [0.2, 0.25) is 0 Å². The van der Waals surface area contributed by atoms with Crippen molar-refractivity contribution in [2.75, 3.05) is 7.05 Å². The number of nitrogens with zero attached hydrogens (tertiary/aromatic N) is 4. The third-order valence-electron chi connectivity index (χ3n) is 6.53. The Labute approximate surface area is 135 Å². The second-order valence-electron chi connectivity index (χ2n) is 7.95. The van der Waals surface area contributed by atoms with Crippen LogP contribution in [0.2, 0.25) is 0 Å². The molecule has 0 unspecified atom stereocenters. The van der Waals surface area contributed by atoms with E-state index in [9.17, 15) is 4.79 Å². The zero-order valence-corrected chi connectivity index (χ0v) is 13.5. The molecule has 6 rings (SSSR count). The Morgan fingerprint density at radius 1 is 1.22 bits per heavy atom. The maximum absolute atomic E-state index is 13.2. The molecule has 0 saturated heterocycles. The van der Waals surface area contributed by atoms with E-state index in [1.54, 1.807) is 16.9 Å². The monoisotopic (exact) mass is 310 g/mol. The van der Waals surface area contributed by atoms with Crippen molar-refractivity contribution in [2.24, 2.45) is 17.8 Å². The zero-order chi connectivity index (χ0) is 15.6. The molecule has 1 amide bonds. The van der Waals surface area contributed by atoms with Crippen molar-refractivity contribution < 1.29 is 4.79 Å². The first kappa shape index (κ1) is 13.5. The summed E-state index contributed by atoms with van der Waals surface area (Å²) in [4.78, 5) is 19.6. The Morgan fingerprint density at radius 3 is 2.52 bits per heavy atom. The van der Waals surface area contributed by atoms with Crippen LogP contribution in [0, 0.1) is 17.8 Å². The lowest BCUT2D eigenvalue weighted by Gasteiger charge is -2.59. The average molecular weight is 310 g/mol. The Hall–Kier alpha value is -1.91. The molecule has 5 nitrogen and oxygen atoms in total. The molecule has 2 heterocycles. The zero-order valence-electron chi connectivity index (χ0n) is 13.5. The molecule has 0 aromatic carbocycles. The maximum Gasteiger partial charge on any atom is 0.259 e. The van der Waals surface area contributed by atoms with Crippen LogP contribution < -0.4 is 0 Å². The highest BCUT2D eigenvalue weighted by molar-refractivity contribution is 5.99. The number of carbonyl (C=O) groups excluding carboxylic acids is 1. The maximum atomic E-state index is 13.2. The van der Waals surface area contributed by atoms with Crippen LogP contribution in [0.5, 0.6) is 0 Å². The fourth-order valence-electron chi connectivity index (χ4n) is 5.85. The summed E-state index contributed by atoms with van der Waals surface area (Å²) in [7, 11) is 2.00. The summed E-state index contributed by atoms with van der Waals surface area (Å²) < 4.78 is 1.68. The van der Waals surface area contributed by atoms with E-state index < -0.39 is 0 Å². The van der Waals surface area contributed by atoms with Gasteiger partial charge in [-0.2, -0.15) is 5.10 Å². The number of rotatable bonds is 2. The molecule has 0 atom stereocenters. The van der Waals surface area contributed by atoms with Crippen molar-refractivity contribution in [3.63, 3.8) is 0 Å². The fourth-order valence-corrected chi connectivity index (χ4v) is 5.85. The van der Waals surface area contributed by atoms with Crippen LogP contribution in [-0.2, 0) is 0 Å². The minimum atomic E-state index is 0.0782. The number of fused-ring (bicyclic) bond motifs is 1. The van der Waals surface area contributed by atoms with E-state index in [1.165, 1.54) is 38.5 Å². The van der Waals surface area contributed by atoms with Crippen LogP contribution in [0.3, 0.4) is 0 Å². The van der Waals surface area contributed by atoms with Crippen molar-refractivity contribution in [2.45, 2.75) is 44.1 Å². The van der Waals surface area contributed by atoms with E-state index in [1.807, 2.05) is 24.2 Å². The lowest BCUT2D eigenvalue weighted by molar-refractivity contribution is -0.0665. The topological polar surface area (TPSA) is 50.5 Å². The summed E-state index contributed by atoms with van der Waals surface area (Å²) in [6.45, 7) is 0. The van der Waals surface area contributed by atoms with Crippen molar-refractivity contribution in [3.8, 4) is 0 Å². The summed E-state index contributed by atoms with van der Waals surface area (Å²) in [6.07, 6.45) is 13.0. The molecule has 120 valence electrons. The second-order valence-corrected chi connectivity index (χ2v) is 7.95. The lowest BCUT2D eigenvalue weighted by atomic mass is 9.52. The summed E-state index contributed by atoms with van der Waals surface area (Å²) in [5.74, 6) is 2.58. The van der Waals surface area contributed by atoms with E-state index in [-0.39, 0.29) is 11.4 Å². The van der Waals surface area contributed by atoms with Gasteiger partial charge in [0, 0.05) is 25.0 Å². The van der Waals surface area contributed by atoms with Gasteiger partial charge >= 0.3 is 0 Å². The first-order valence-electron chi connectivity index (χ1n) is 8.71.